The van der Waals surface area contributed by atoms with Crippen molar-refractivity contribution >= 4 is 52.0 Å². The van der Waals surface area contributed by atoms with Gasteiger partial charge in [-0.25, -0.2) is 0 Å². The van der Waals surface area contributed by atoms with Gasteiger partial charge < -0.3 is 0 Å². The molecule has 0 saturated heterocycles. The summed E-state index contributed by atoms with van der Waals surface area (Å²) in [5.41, 5.74) is 15.0. The first-order chi connectivity index (χ1) is 53.7. The van der Waals surface area contributed by atoms with E-state index in [0.29, 0.717) is 17.3 Å². The van der Waals surface area contributed by atoms with Crippen LogP contribution in [-0.4, -0.2) is 29.9 Å². The van der Waals surface area contributed by atoms with Crippen LogP contribution in [0.1, 0.15) is 0 Å². The molecule has 6 heterocycles. The zero-order chi connectivity index (χ0) is 74.1. The number of hydrogen-bond donors (Lipinski definition) is 0. The topological polar surface area (TPSA) is 87.1 Å². The second kappa shape index (κ2) is 38.2. The average Bonchev–Trinajstić information content (AvgIpc) is 0.796. The number of aromatic nitrogens is 6. The van der Waals surface area contributed by atoms with Gasteiger partial charge in [-0.3, -0.25) is 62.2 Å². The van der Waals surface area contributed by atoms with Crippen molar-refractivity contribution in [1.29, 1.82) is 0 Å². The van der Waals surface area contributed by atoms with E-state index in [1.807, 2.05) is 212 Å². The minimum absolute atomic E-state index is 0. The van der Waals surface area contributed by atoms with Gasteiger partial charge in [0.15, 0.2) is 0 Å². The smallest absolute Gasteiger partial charge is 0.280 e. The Balaban J connectivity index is 0.000000156. The Morgan fingerprint density at radius 2 is 0.482 bits per heavy atom. The largest absolute Gasteiger partial charge is 2.00 e. The SMILES string of the molecule is Fc1c[c-]c(-c2cccc(N(c3ccccc3)c3cccc(-c4[c-]cc(F)cc4F)n3)n2)c(F)c1.[Pt+2].[Pt+2].[Pt+2].[c-]1ccc(-c2ccccc2)cc1-c1cccc(N(c2ccccc2)c2cccc(-c3[c-]ccc(-c4ccccc4)c3)n2)n1.[c-]1ccccc1-c1cccc(N(c2ccccc2)c2cccc(-c3[c-]cccc3)n2)n1. The summed E-state index contributed by atoms with van der Waals surface area (Å²) in [6.07, 6.45) is 0. The standard InChI is InChI=1S/C40H27N3.C28H15F4N3.C28H19N3.3Pt/c1-4-14-30(15-5-1)32-18-10-20-34(28-32)37-24-12-26-39(41-37)43(36-22-8-3-9-23-36)40-27-13-25-38(42-40)35-21-11-19-33(29-35)31-16-6-2-7-17-31;29-18-12-14-21(23(31)16-18)25-8-4-10-27(33-25)35(20-6-2-1-3-7-20)28-11-5-9-26(34-28)22-15-13-19(30)17-24(22)32;1-4-12-22(13-5-1)25-18-10-20-27(29-25)31(24-16-8-3-9-17-24)28-21-11-19-26(30-28)23-14-6-2-7-15-23;;;/h1-19,22-29H;1-13,16-17H;1-12,14,16-21H;;;/q3*-2;3*+2. The summed E-state index contributed by atoms with van der Waals surface area (Å²) in [5.74, 6) is 0.858. The molecule has 6 aromatic heterocycles. The third-order valence-electron chi connectivity index (χ3n) is 17.4. The van der Waals surface area contributed by atoms with Gasteiger partial charge in [0.1, 0.15) is 34.9 Å². The minimum atomic E-state index is -0.789. The molecule has 0 N–H and O–H groups in total. The molecule has 112 heavy (non-hydrogen) atoms. The van der Waals surface area contributed by atoms with E-state index in [1.54, 1.807) is 41.3 Å². The maximum Gasteiger partial charge on any atom is 2.00 e. The Kier molecular flexibility index (Phi) is 27.0. The molecule has 0 radical (unpaired) electrons. The summed E-state index contributed by atoms with van der Waals surface area (Å²) in [6.45, 7) is 0. The Bertz CT molecular complexity index is 5610. The Morgan fingerprint density at radius 1 is 0.214 bits per heavy atom. The summed E-state index contributed by atoms with van der Waals surface area (Å²) < 4.78 is 55.6. The van der Waals surface area contributed by atoms with Crippen molar-refractivity contribution in [1.82, 2.24) is 29.9 Å². The maximum absolute atomic E-state index is 14.4. The second-order valence-electron chi connectivity index (χ2n) is 24.6. The van der Waals surface area contributed by atoms with Crippen LogP contribution in [0.5, 0.6) is 0 Å². The van der Waals surface area contributed by atoms with Gasteiger partial charge >= 0.3 is 63.2 Å². The number of halogens is 4. The molecule has 0 atom stereocenters. The first-order valence-electron chi connectivity index (χ1n) is 34.9. The van der Waals surface area contributed by atoms with E-state index in [1.165, 1.54) is 0 Å². The average molecular weight is 2000 g/mol. The molecule has 0 amide bonds. The van der Waals surface area contributed by atoms with E-state index >= 15 is 0 Å². The first-order valence-corrected chi connectivity index (χ1v) is 34.9. The van der Waals surface area contributed by atoms with Gasteiger partial charge in [0, 0.05) is 40.3 Å². The van der Waals surface area contributed by atoms with Gasteiger partial charge in [0.05, 0.1) is 0 Å². The zero-order valence-corrected chi connectivity index (χ0v) is 66.0. The van der Waals surface area contributed by atoms with Gasteiger partial charge in [-0.15, -0.1) is 167 Å². The quantitative estimate of drug-likeness (QED) is 0.0653. The van der Waals surface area contributed by atoms with Crippen molar-refractivity contribution < 1.29 is 80.8 Å². The predicted octanol–water partition coefficient (Wildman–Crippen LogP) is 24.5. The van der Waals surface area contributed by atoms with Gasteiger partial charge in [-0.05, 0) is 118 Å². The maximum atomic E-state index is 14.4. The van der Waals surface area contributed by atoms with E-state index in [9.17, 15) is 17.6 Å². The molecule has 0 spiro atoms. The van der Waals surface area contributed by atoms with Crippen molar-refractivity contribution in [2.24, 2.45) is 0 Å². The first kappa shape index (κ1) is 79.1. The molecule has 0 saturated carbocycles. The molecule has 0 aliphatic heterocycles. The molecule has 9 nitrogen and oxygen atoms in total. The predicted molar refractivity (Wildman–Crippen MR) is 426 cm³/mol. The third-order valence-corrected chi connectivity index (χ3v) is 17.4. The van der Waals surface area contributed by atoms with Crippen LogP contribution in [0.2, 0.25) is 0 Å². The molecule has 548 valence electrons. The van der Waals surface area contributed by atoms with Crippen LogP contribution in [0.25, 0.3) is 89.8 Å². The number of anilines is 9. The number of benzene rings is 11. The summed E-state index contributed by atoms with van der Waals surface area (Å²) in [4.78, 5) is 35.2. The number of rotatable bonds is 17. The number of para-hydroxylation sites is 3. The fourth-order valence-corrected chi connectivity index (χ4v) is 12.3. The minimum Gasteiger partial charge on any atom is -0.280 e. The van der Waals surface area contributed by atoms with E-state index in [4.69, 9.17) is 19.9 Å². The molecule has 0 unspecified atom stereocenters. The molecular formula is C96H61F4N9Pt3. The zero-order valence-electron chi connectivity index (χ0n) is 59.2. The van der Waals surface area contributed by atoms with Gasteiger partial charge in [-0.1, -0.05) is 211 Å². The van der Waals surface area contributed by atoms with Crippen molar-refractivity contribution in [2.75, 3.05) is 14.7 Å². The van der Waals surface area contributed by atoms with Crippen molar-refractivity contribution in [3.05, 3.63) is 430 Å². The van der Waals surface area contributed by atoms with Crippen molar-refractivity contribution in [3.63, 3.8) is 0 Å². The van der Waals surface area contributed by atoms with Crippen LogP contribution >= 0.6 is 0 Å². The molecule has 0 aliphatic carbocycles. The summed E-state index contributed by atoms with van der Waals surface area (Å²) in [5, 5.41) is 0. The van der Waals surface area contributed by atoms with Crippen LogP contribution < -0.4 is 14.7 Å². The molecule has 0 fully saturated rings. The fraction of sp³-hybridized carbons (Fsp3) is 0. The van der Waals surface area contributed by atoms with Gasteiger partial charge in [-0.2, -0.15) is 0 Å². The fourth-order valence-electron chi connectivity index (χ4n) is 12.3. The number of nitrogens with zero attached hydrogens (tertiary/aromatic N) is 9. The van der Waals surface area contributed by atoms with E-state index in [2.05, 4.69) is 153 Å². The summed E-state index contributed by atoms with van der Waals surface area (Å²) >= 11 is 0. The van der Waals surface area contributed by atoms with Crippen LogP contribution in [0.4, 0.5) is 69.5 Å². The summed E-state index contributed by atoms with van der Waals surface area (Å²) in [6, 6.07) is 135. The summed E-state index contributed by atoms with van der Waals surface area (Å²) in [7, 11) is 0. The molecular weight excluding hydrogens is 1940 g/mol. The van der Waals surface area contributed by atoms with E-state index < -0.39 is 23.3 Å². The molecule has 0 aliphatic rings. The van der Waals surface area contributed by atoms with Crippen LogP contribution in [-0.2, 0) is 63.2 Å². The normalized spacial score (nSPS) is 10.5. The Hall–Kier alpha value is -12.5. The van der Waals surface area contributed by atoms with Gasteiger partial charge in [0.2, 0.25) is 0 Å². The number of pyridine rings is 6. The van der Waals surface area contributed by atoms with Crippen LogP contribution in [0.3, 0.4) is 0 Å². The van der Waals surface area contributed by atoms with E-state index in [0.717, 1.165) is 126 Å². The van der Waals surface area contributed by atoms with Gasteiger partial charge in [0.25, 0.3) is 0 Å². The molecule has 17 rings (SSSR count). The van der Waals surface area contributed by atoms with E-state index in [-0.39, 0.29) is 85.7 Å². The Labute approximate surface area is 691 Å². The number of hydrogen-bond acceptors (Lipinski definition) is 9. The van der Waals surface area contributed by atoms with Crippen LogP contribution in [0.15, 0.2) is 370 Å². The second-order valence-corrected chi connectivity index (χ2v) is 24.6. The van der Waals surface area contributed by atoms with Crippen molar-refractivity contribution in [2.45, 2.75) is 0 Å². The molecule has 17 aromatic rings. The van der Waals surface area contributed by atoms with Crippen LogP contribution in [0, 0.1) is 59.7 Å². The molecule has 11 aromatic carbocycles. The molecule has 0 bridgehead atoms. The van der Waals surface area contributed by atoms with Crippen molar-refractivity contribution in [3.8, 4) is 89.8 Å². The Morgan fingerprint density at radius 3 is 0.777 bits per heavy atom. The third kappa shape index (κ3) is 19.2. The monoisotopic (exact) mass is 2000 g/mol. The molecule has 16 heteroatoms.